The molecular weight excluding hydrogens is 238 g/mol. The molecular formula is C14H21N5. The number of nitrogens with zero attached hydrogens (tertiary/aromatic N) is 4. The summed E-state index contributed by atoms with van der Waals surface area (Å²) < 4.78 is 4.23. The minimum atomic E-state index is 0.728. The summed E-state index contributed by atoms with van der Waals surface area (Å²) in [5.41, 5.74) is 2.49. The predicted octanol–water partition coefficient (Wildman–Crippen LogP) is 1.71. The fourth-order valence-corrected chi connectivity index (χ4v) is 2.25. The van der Waals surface area contributed by atoms with Crippen LogP contribution in [-0.4, -0.2) is 25.4 Å². The van der Waals surface area contributed by atoms with E-state index in [1.54, 1.807) is 0 Å². The summed E-state index contributed by atoms with van der Waals surface area (Å²) in [5.74, 6) is 1.07. The molecule has 1 aliphatic rings. The summed E-state index contributed by atoms with van der Waals surface area (Å²) in [5, 5.41) is 7.87. The molecule has 102 valence electrons. The molecule has 0 aliphatic heterocycles. The Bertz CT molecular complexity index is 550. The van der Waals surface area contributed by atoms with Crippen LogP contribution in [-0.2, 0) is 19.6 Å². The van der Waals surface area contributed by atoms with E-state index >= 15 is 0 Å². The number of aromatic nitrogens is 4. The van der Waals surface area contributed by atoms with Crippen LogP contribution >= 0.6 is 0 Å². The van der Waals surface area contributed by atoms with Crippen LogP contribution in [0.4, 0.5) is 0 Å². The molecule has 5 nitrogen and oxygen atoms in total. The normalized spacial score (nSPS) is 15.1. The second kappa shape index (κ2) is 5.17. The molecule has 19 heavy (non-hydrogen) atoms. The summed E-state index contributed by atoms with van der Waals surface area (Å²) in [6.45, 7) is 6.84. The number of nitrogens with one attached hydrogen (secondary N) is 1. The lowest BCUT2D eigenvalue weighted by molar-refractivity contribution is 0.625. The van der Waals surface area contributed by atoms with Crippen molar-refractivity contribution in [2.75, 3.05) is 0 Å². The molecule has 1 aliphatic carbocycles. The van der Waals surface area contributed by atoms with Gasteiger partial charge in [0.1, 0.15) is 5.82 Å². The molecule has 0 atom stereocenters. The summed E-state index contributed by atoms with van der Waals surface area (Å²) in [6.07, 6.45) is 8.67. The fraction of sp³-hybridized carbons (Fsp3) is 0.571. The zero-order valence-electron chi connectivity index (χ0n) is 11.6. The molecule has 2 heterocycles. The number of aryl methyl sites for hydroxylation is 2. The third-order valence-electron chi connectivity index (χ3n) is 3.64. The number of hydrogen-bond acceptors (Lipinski definition) is 3. The van der Waals surface area contributed by atoms with Crippen molar-refractivity contribution in [1.82, 2.24) is 24.6 Å². The summed E-state index contributed by atoms with van der Waals surface area (Å²) in [4.78, 5) is 4.43. The van der Waals surface area contributed by atoms with Gasteiger partial charge in [-0.3, -0.25) is 4.68 Å². The molecule has 1 N–H and O–H groups in total. The first-order chi connectivity index (χ1) is 9.26. The van der Waals surface area contributed by atoms with Gasteiger partial charge in [0.2, 0.25) is 0 Å². The molecule has 0 saturated heterocycles. The van der Waals surface area contributed by atoms with E-state index in [1.807, 2.05) is 17.1 Å². The quantitative estimate of drug-likeness (QED) is 0.859. The topological polar surface area (TPSA) is 47.7 Å². The highest BCUT2D eigenvalue weighted by Gasteiger charge is 2.21. The molecule has 1 fully saturated rings. The van der Waals surface area contributed by atoms with E-state index in [0.29, 0.717) is 0 Å². The van der Waals surface area contributed by atoms with Gasteiger partial charge in [0.15, 0.2) is 0 Å². The Morgan fingerprint density at radius 3 is 2.89 bits per heavy atom. The van der Waals surface area contributed by atoms with E-state index in [0.717, 1.165) is 31.5 Å². The van der Waals surface area contributed by atoms with E-state index in [9.17, 15) is 0 Å². The highest BCUT2D eigenvalue weighted by molar-refractivity contribution is 5.12. The maximum Gasteiger partial charge on any atom is 0.106 e. The Morgan fingerprint density at radius 2 is 2.21 bits per heavy atom. The fourth-order valence-electron chi connectivity index (χ4n) is 2.25. The van der Waals surface area contributed by atoms with Crippen molar-refractivity contribution in [3.05, 3.63) is 35.7 Å². The van der Waals surface area contributed by atoms with Crippen molar-refractivity contribution in [2.24, 2.45) is 0 Å². The summed E-state index contributed by atoms with van der Waals surface area (Å²) >= 11 is 0. The maximum atomic E-state index is 4.43. The molecule has 0 bridgehead atoms. The highest BCUT2D eigenvalue weighted by atomic mass is 15.3. The van der Waals surface area contributed by atoms with Gasteiger partial charge in [-0.1, -0.05) is 0 Å². The zero-order chi connectivity index (χ0) is 13.2. The van der Waals surface area contributed by atoms with E-state index in [1.165, 1.54) is 24.1 Å². The van der Waals surface area contributed by atoms with Crippen molar-refractivity contribution in [2.45, 2.75) is 52.4 Å². The predicted molar refractivity (Wildman–Crippen MR) is 73.8 cm³/mol. The Morgan fingerprint density at radius 1 is 1.37 bits per heavy atom. The number of rotatable bonds is 6. The van der Waals surface area contributed by atoms with Crippen LogP contribution in [0.2, 0.25) is 0 Å². The lowest BCUT2D eigenvalue weighted by Gasteiger charge is -2.09. The monoisotopic (exact) mass is 259 g/mol. The first-order valence-electron chi connectivity index (χ1n) is 7.02. The van der Waals surface area contributed by atoms with Crippen LogP contribution < -0.4 is 5.32 Å². The van der Waals surface area contributed by atoms with Crippen molar-refractivity contribution >= 4 is 0 Å². The summed E-state index contributed by atoms with van der Waals surface area (Å²) in [7, 11) is 0. The van der Waals surface area contributed by atoms with Crippen LogP contribution in [0.5, 0.6) is 0 Å². The van der Waals surface area contributed by atoms with Crippen LogP contribution in [0.1, 0.15) is 36.8 Å². The molecule has 0 amide bonds. The van der Waals surface area contributed by atoms with Gasteiger partial charge >= 0.3 is 0 Å². The van der Waals surface area contributed by atoms with E-state index in [-0.39, 0.29) is 0 Å². The van der Waals surface area contributed by atoms with Crippen molar-refractivity contribution in [3.8, 4) is 0 Å². The Labute approximate surface area is 113 Å². The van der Waals surface area contributed by atoms with Crippen LogP contribution in [0, 0.1) is 6.92 Å². The second-order valence-corrected chi connectivity index (χ2v) is 5.24. The first-order valence-corrected chi connectivity index (χ1v) is 7.02. The SMILES string of the molecule is CCn1cc(Cn2c(CNC3CC3)cnc2C)cn1. The van der Waals surface area contributed by atoms with Gasteiger partial charge in [0.25, 0.3) is 0 Å². The standard InChI is InChI=1S/C14H21N5/c1-3-18-9-12(6-17-18)10-19-11(2)15-7-14(19)8-16-13-4-5-13/h6-7,9,13,16H,3-5,8,10H2,1-2H3. The van der Waals surface area contributed by atoms with Gasteiger partial charge in [-0.25, -0.2) is 4.98 Å². The third kappa shape index (κ3) is 2.87. The average Bonchev–Trinajstić information content (AvgIpc) is 3.03. The van der Waals surface area contributed by atoms with Gasteiger partial charge in [0, 0.05) is 37.1 Å². The largest absolute Gasteiger partial charge is 0.326 e. The number of hydrogen-bond donors (Lipinski definition) is 1. The minimum Gasteiger partial charge on any atom is -0.326 e. The lowest BCUT2D eigenvalue weighted by Crippen LogP contribution is -2.18. The molecule has 0 aromatic carbocycles. The van der Waals surface area contributed by atoms with Gasteiger partial charge in [-0.15, -0.1) is 0 Å². The Balaban J connectivity index is 1.72. The maximum absolute atomic E-state index is 4.43. The van der Waals surface area contributed by atoms with Crippen LogP contribution in [0.3, 0.4) is 0 Å². The van der Waals surface area contributed by atoms with Gasteiger partial charge in [0.05, 0.1) is 18.4 Å². The molecule has 0 unspecified atom stereocenters. The first kappa shape index (κ1) is 12.4. The van der Waals surface area contributed by atoms with Crippen molar-refractivity contribution in [3.63, 3.8) is 0 Å². The van der Waals surface area contributed by atoms with E-state index in [4.69, 9.17) is 0 Å². The van der Waals surface area contributed by atoms with Gasteiger partial charge in [-0.05, 0) is 26.7 Å². The zero-order valence-corrected chi connectivity index (χ0v) is 11.6. The Hall–Kier alpha value is -1.62. The third-order valence-corrected chi connectivity index (χ3v) is 3.64. The smallest absolute Gasteiger partial charge is 0.106 e. The highest BCUT2D eigenvalue weighted by Crippen LogP contribution is 2.19. The lowest BCUT2D eigenvalue weighted by atomic mass is 10.3. The van der Waals surface area contributed by atoms with Crippen LogP contribution in [0.25, 0.3) is 0 Å². The molecule has 0 spiro atoms. The average molecular weight is 259 g/mol. The Kier molecular flexibility index (Phi) is 3.38. The molecule has 3 rings (SSSR count). The summed E-state index contributed by atoms with van der Waals surface area (Å²) in [6, 6.07) is 0.728. The van der Waals surface area contributed by atoms with Crippen LogP contribution in [0.15, 0.2) is 18.6 Å². The minimum absolute atomic E-state index is 0.728. The molecule has 1 saturated carbocycles. The molecule has 5 heteroatoms. The van der Waals surface area contributed by atoms with Gasteiger partial charge < -0.3 is 9.88 Å². The van der Waals surface area contributed by atoms with E-state index in [2.05, 4.69) is 40.0 Å². The van der Waals surface area contributed by atoms with Crippen molar-refractivity contribution < 1.29 is 0 Å². The number of imidazole rings is 1. The molecule has 0 radical (unpaired) electrons. The molecule has 2 aromatic heterocycles. The molecule has 2 aromatic rings. The van der Waals surface area contributed by atoms with Gasteiger partial charge in [-0.2, -0.15) is 5.10 Å². The van der Waals surface area contributed by atoms with E-state index < -0.39 is 0 Å². The second-order valence-electron chi connectivity index (χ2n) is 5.24. The van der Waals surface area contributed by atoms with Crippen molar-refractivity contribution in [1.29, 1.82) is 0 Å².